The van der Waals surface area contributed by atoms with Gasteiger partial charge in [-0.05, 0) is 56.0 Å². The summed E-state index contributed by atoms with van der Waals surface area (Å²) in [6, 6.07) is 13.6. The molecule has 7 heteroatoms. The molecule has 1 aliphatic carbocycles. The number of fused-ring (bicyclic) bond motifs is 2. The van der Waals surface area contributed by atoms with E-state index in [1.807, 2.05) is 35.2 Å². The van der Waals surface area contributed by atoms with Gasteiger partial charge < -0.3 is 14.4 Å². The van der Waals surface area contributed by atoms with Gasteiger partial charge in [0.05, 0.1) is 21.1 Å². The lowest BCUT2D eigenvalue weighted by molar-refractivity contribution is -0.137. The second-order valence-corrected chi connectivity index (χ2v) is 10.6. The summed E-state index contributed by atoms with van der Waals surface area (Å²) in [6.45, 7) is 2.27. The van der Waals surface area contributed by atoms with Crippen molar-refractivity contribution in [2.24, 2.45) is 11.8 Å². The normalized spacial score (nSPS) is 22.3. The number of hydrogen-bond donors (Lipinski definition) is 0. The molecule has 6 rings (SSSR count). The number of para-hydroxylation sites is 1. The first-order valence-corrected chi connectivity index (χ1v) is 13.2. The topological polar surface area (TPSA) is 68.7 Å². The molecule has 35 heavy (non-hydrogen) atoms. The van der Waals surface area contributed by atoms with Gasteiger partial charge in [-0.15, -0.1) is 11.3 Å². The predicted octanol–water partition coefficient (Wildman–Crippen LogP) is 5.24. The first kappa shape index (κ1) is 22.3. The fraction of sp³-hybridized carbons (Fsp3) is 0.393. The number of nitrogens with zero attached hydrogens (tertiary/aromatic N) is 2. The molecule has 2 unspecified atom stereocenters. The van der Waals surface area contributed by atoms with E-state index in [1.54, 1.807) is 17.4 Å². The van der Waals surface area contributed by atoms with Crippen LogP contribution in [-0.4, -0.2) is 47.9 Å². The van der Waals surface area contributed by atoms with Crippen LogP contribution in [0.1, 0.15) is 47.0 Å². The highest BCUT2D eigenvalue weighted by atomic mass is 32.1. The van der Waals surface area contributed by atoms with Crippen LogP contribution < -0.4 is 9.47 Å². The van der Waals surface area contributed by atoms with Crippen molar-refractivity contribution in [1.29, 1.82) is 0 Å². The molecule has 0 saturated carbocycles. The number of benzene rings is 2. The van der Waals surface area contributed by atoms with Crippen LogP contribution in [0.25, 0.3) is 10.2 Å². The molecule has 1 aromatic heterocycles. The molecule has 0 N–H and O–H groups in total. The third-order valence-electron chi connectivity index (χ3n) is 7.38. The van der Waals surface area contributed by atoms with Crippen LogP contribution in [0.15, 0.2) is 54.6 Å². The number of amides is 1. The average Bonchev–Trinajstić information content (AvgIpc) is 3.36. The van der Waals surface area contributed by atoms with Crippen LogP contribution in [0.4, 0.5) is 0 Å². The van der Waals surface area contributed by atoms with E-state index in [-0.39, 0.29) is 29.4 Å². The number of aromatic nitrogens is 1. The largest absolute Gasteiger partial charge is 0.486 e. The number of likely N-dealkylation sites (tertiary alicyclic amines) is 1. The minimum absolute atomic E-state index is 0.0760. The average molecular weight is 489 g/mol. The fourth-order valence-electron chi connectivity index (χ4n) is 5.44. The number of Topliss-reactive ketones (excluding diaryl/α,β-unsaturated/α-hetero) is 1. The Balaban J connectivity index is 1.12. The van der Waals surface area contributed by atoms with Gasteiger partial charge in [-0.3, -0.25) is 9.59 Å². The molecular weight excluding hydrogens is 460 g/mol. The first-order chi connectivity index (χ1) is 17.2. The Morgan fingerprint density at radius 3 is 2.54 bits per heavy atom. The van der Waals surface area contributed by atoms with Gasteiger partial charge in [0.2, 0.25) is 5.91 Å². The molecule has 1 saturated heterocycles. The van der Waals surface area contributed by atoms with Crippen molar-refractivity contribution in [2.75, 3.05) is 26.3 Å². The maximum absolute atomic E-state index is 13.6. The Bertz CT molecular complexity index is 1260. The third kappa shape index (κ3) is 4.33. The van der Waals surface area contributed by atoms with Gasteiger partial charge in [-0.25, -0.2) is 4.98 Å². The monoisotopic (exact) mass is 488 g/mol. The zero-order chi connectivity index (χ0) is 23.8. The van der Waals surface area contributed by atoms with E-state index < -0.39 is 0 Å². The highest BCUT2D eigenvalue weighted by molar-refractivity contribution is 7.18. The lowest BCUT2D eigenvalue weighted by Gasteiger charge is -2.36. The van der Waals surface area contributed by atoms with Crippen molar-refractivity contribution >= 4 is 33.2 Å². The molecule has 2 aliphatic heterocycles. The minimum atomic E-state index is -0.0920. The molecule has 0 bridgehead atoms. The van der Waals surface area contributed by atoms with Crippen molar-refractivity contribution < 1.29 is 19.1 Å². The van der Waals surface area contributed by atoms with E-state index in [0.29, 0.717) is 56.2 Å². The lowest BCUT2D eigenvalue weighted by Crippen LogP contribution is -2.44. The summed E-state index contributed by atoms with van der Waals surface area (Å²) in [5.41, 5.74) is 1.67. The Morgan fingerprint density at radius 1 is 0.943 bits per heavy atom. The SMILES string of the molecule is O=C(c1ccc2c(c1)OCCO2)C1CCN(C(=O)C2CC=CCC2c2nc3ccccc3s2)CC1. The van der Waals surface area contributed by atoms with Gasteiger partial charge >= 0.3 is 0 Å². The van der Waals surface area contributed by atoms with Gasteiger partial charge in [0, 0.05) is 30.5 Å². The van der Waals surface area contributed by atoms with Crippen molar-refractivity contribution in [1.82, 2.24) is 9.88 Å². The zero-order valence-electron chi connectivity index (χ0n) is 19.5. The van der Waals surface area contributed by atoms with Crippen molar-refractivity contribution in [2.45, 2.75) is 31.6 Å². The zero-order valence-corrected chi connectivity index (χ0v) is 20.3. The van der Waals surface area contributed by atoms with Crippen LogP contribution in [0.3, 0.4) is 0 Å². The summed E-state index contributed by atoms with van der Waals surface area (Å²) >= 11 is 1.70. The Kier molecular flexibility index (Phi) is 6.02. The van der Waals surface area contributed by atoms with Crippen LogP contribution in [0, 0.1) is 11.8 Å². The molecular formula is C28H28N2O4S. The molecule has 1 amide bonds. The maximum atomic E-state index is 13.6. The number of carbonyl (C=O) groups is 2. The van der Waals surface area contributed by atoms with Gasteiger partial charge in [-0.2, -0.15) is 0 Å². The summed E-state index contributed by atoms with van der Waals surface area (Å²) in [4.78, 5) is 33.6. The Labute approximate surface area is 208 Å². The maximum Gasteiger partial charge on any atom is 0.226 e. The first-order valence-electron chi connectivity index (χ1n) is 12.4. The van der Waals surface area contributed by atoms with Crippen LogP contribution in [-0.2, 0) is 4.79 Å². The van der Waals surface area contributed by atoms with E-state index in [1.165, 1.54) is 4.70 Å². The second kappa shape index (κ2) is 9.46. The molecule has 6 nitrogen and oxygen atoms in total. The molecule has 0 radical (unpaired) electrons. The standard InChI is InChI=1S/C28H28N2O4S/c31-26(19-9-10-23-24(17-19)34-16-15-33-23)18-11-13-30(14-12-18)28(32)21-6-2-1-5-20(21)27-29-22-7-3-4-8-25(22)35-27/h1-4,7-10,17-18,20-21H,5-6,11-16H2. The van der Waals surface area contributed by atoms with Crippen molar-refractivity contribution in [3.63, 3.8) is 0 Å². The molecule has 2 aromatic carbocycles. The number of piperidine rings is 1. The molecule has 3 aromatic rings. The fourth-order valence-corrected chi connectivity index (χ4v) is 6.58. The second-order valence-electron chi connectivity index (χ2n) is 9.50. The van der Waals surface area contributed by atoms with E-state index in [0.717, 1.165) is 23.4 Å². The van der Waals surface area contributed by atoms with Gasteiger partial charge in [-0.1, -0.05) is 24.3 Å². The van der Waals surface area contributed by atoms with E-state index in [2.05, 4.69) is 18.2 Å². The van der Waals surface area contributed by atoms with Crippen LogP contribution in [0.2, 0.25) is 0 Å². The Hall–Kier alpha value is -3.19. The summed E-state index contributed by atoms with van der Waals surface area (Å²) < 4.78 is 12.4. The molecule has 3 aliphatic rings. The van der Waals surface area contributed by atoms with Gasteiger partial charge in [0.25, 0.3) is 0 Å². The Morgan fingerprint density at radius 2 is 1.71 bits per heavy atom. The summed E-state index contributed by atoms with van der Waals surface area (Å²) in [6.07, 6.45) is 7.27. The molecule has 0 spiro atoms. The van der Waals surface area contributed by atoms with Crippen LogP contribution in [0.5, 0.6) is 11.5 Å². The van der Waals surface area contributed by atoms with Crippen molar-refractivity contribution in [3.8, 4) is 11.5 Å². The number of rotatable bonds is 4. The predicted molar refractivity (Wildman–Crippen MR) is 135 cm³/mol. The number of ketones is 1. The number of carbonyl (C=O) groups excluding carboxylic acids is 2. The van der Waals surface area contributed by atoms with E-state index >= 15 is 0 Å². The van der Waals surface area contributed by atoms with Crippen molar-refractivity contribution in [3.05, 3.63) is 65.2 Å². The van der Waals surface area contributed by atoms with Gasteiger partial charge in [0.15, 0.2) is 17.3 Å². The molecule has 3 heterocycles. The highest BCUT2D eigenvalue weighted by Crippen LogP contribution is 2.40. The number of hydrogen-bond acceptors (Lipinski definition) is 6. The smallest absolute Gasteiger partial charge is 0.226 e. The summed E-state index contributed by atoms with van der Waals surface area (Å²) in [5, 5.41) is 1.05. The van der Waals surface area contributed by atoms with E-state index in [4.69, 9.17) is 14.5 Å². The highest BCUT2D eigenvalue weighted by Gasteiger charge is 2.37. The summed E-state index contributed by atoms with van der Waals surface area (Å²) in [5.74, 6) is 1.60. The molecule has 1 fully saturated rings. The third-order valence-corrected chi connectivity index (χ3v) is 8.55. The number of ether oxygens (including phenoxy) is 2. The molecule has 2 atom stereocenters. The minimum Gasteiger partial charge on any atom is -0.486 e. The number of thiazole rings is 1. The van der Waals surface area contributed by atoms with Gasteiger partial charge in [0.1, 0.15) is 13.2 Å². The van der Waals surface area contributed by atoms with Crippen LogP contribution >= 0.6 is 11.3 Å². The quantitative estimate of drug-likeness (QED) is 0.371. The molecule has 180 valence electrons. The lowest BCUT2D eigenvalue weighted by atomic mass is 9.81. The van der Waals surface area contributed by atoms with E-state index in [9.17, 15) is 9.59 Å². The summed E-state index contributed by atoms with van der Waals surface area (Å²) in [7, 11) is 0. The number of allylic oxidation sites excluding steroid dienone is 2.